The van der Waals surface area contributed by atoms with Crippen LogP contribution >= 0.6 is 22.7 Å². The quantitative estimate of drug-likeness (QED) is 0.108. The molecule has 0 saturated heterocycles. The summed E-state index contributed by atoms with van der Waals surface area (Å²) in [5.41, 5.74) is 27.9. The minimum atomic E-state index is 1.09. The third-order valence-corrected chi connectivity index (χ3v) is 26.8. The summed E-state index contributed by atoms with van der Waals surface area (Å²) < 4.78 is 10.0. The molecule has 24 aromatic rings. The van der Waals surface area contributed by atoms with Crippen LogP contribution in [0.15, 0.2) is 461 Å². The normalized spacial score (nSPS) is 11.6. The van der Waals surface area contributed by atoms with Gasteiger partial charge in [0.2, 0.25) is 0 Å². The molecule has 0 aliphatic carbocycles. The van der Waals surface area contributed by atoms with Gasteiger partial charge in [-0.3, -0.25) is 0 Å². The Morgan fingerprint density at radius 3 is 0.967 bits per heavy atom. The zero-order valence-electron chi connectivity index (χ0n) is 66.5. The Kier molecular flexibility index (Phi) is 18.0. The van der Waals surface area contributed by atoms with E-state index in [0.29, 0.717) is 0 Å². The van der Waals surface area contributed by atoms with Gasteiger partial charge in [-0.25, -0.2) is 0 Å². The molecular formula is C116H76N4S2. The Labute approximate surface area is 715 Å². The van der Waals surface area contributed by atoms with Gasteiger partial charge >= 0.3 is 0 Å². The van der Waals surface area contributed by atoms with E-state index in [1.165, 1.54) is 161 Å². The van der Waals surface area contributed by atoms with Gasteiger partial charge in [-0.1, -0.05) is 334 Å². The summed E-state index contributed by atoms with van der Waals surface area (Å²) in [6.45, 7) is 0. The lowest BCUT2D eigenvalue weighted by Crippen LogP contribution is -2.11. The Hall–Kier alpha value is -15.4. The van der Waals surface area contributed by atoms with E-state index in [4.69, 9.17) is 0 Å². The predicted octanol–water partition coefficient (Wildman–Crippen LogP) is 33.6. The Morgan fingerprint density at radius 1 is 0.172 bits per heavy atom. The fourth-order valence-electron chi connectivity index (χ4n) is 18.6. The SMILES string of the molecule is c1ccc(-c2ccc(N(c3ccc(-c4ccc5ccccc5c4)cc3)c3cc4c(cc3-c3cccc5c3sc3ccccc35)c3ccccc3n4-c3ccccc3)cc2)cc1.c1ccc(-c2ccc(N(c3ccc(-c4cccc5ccccc45)cc3)c3cc4c(cc3-c3cccc5c3sc3ccccc35)c3ccccc3n4-c3ccccc3)cc2)cc1. The van der Waals surface area contributed by atoms with Crippen molar-refractivity contribution >= 4 is 162 Å². The molecule has 0 N–H and O–H groups in total. The number of benzene rings is 20. The molecule has 0 aliphatic rings. The van der Waals surface area contributed by atoms with Crippen LogP contribution in [0.3, 0.4) is 0 Å². The lowest BCUT2D eigenvalue weighted by Gasteiger charge is -2.29. The maximum absolute atomic E-state index is 2.47. The second-order valence-electron chi connectivity index (χ2n) is 31.4. The van der Waals surface area contributed by atoms with Crippen molar-refractivity contribution in [1.29, 1.82) is 0 Å². The summed E-state index contributed by atoms with van der Waals surface area (Å²) >= 11 is 3.76. The lowest BCUT2D eigenvalue weighted by atomic mass is 9.96. The largest absolute Gasteiger partial charge is 0.310 e. The molecular weight excluding hydrogens is 1510 g/mol. The molecule has 572 valence electrons. The van der Waals surface area contributed by atoms with Crippen LogP contribution in [0.5, 0.6) is 0 Å². The molecule has 4 nitrogen and oxygen atoms in total. The molecule has 0 atom stereocenters. The predicted molar refractivity (Wildman–Crippen MR) is 524 cm³/mol. The van der Waals surface area contributed by atoms with Gasteiger partial charge in [0.15, 0.2) is 0 Å². The number of hydrogen-bond donors (Lipinski definition) is 0. The molecule has 0 unspecified atom stereocenters. The van der Waals surface area contributed by atoms with Gasteiger partial charge < -0.3 is 18.9 Å². The number of nitrogens with zero attached hydrogens (tertiary/aromatic N) is 4. The molecule has 24 rings (SSSR count). The van der Waals surface area contributed by atoms with Gasteiger partial charge in [-0.15, -0.1) is 22.7 Å². The molecule has 4 heterocycles. The van der Waals surface area contributed by atoms with Gasteiger partial charge in [0, 0.05) is 118 Å². The maximum atomic E-state index is 2.47. The van der Waals surface area contributed by atoms with Gasteiger partial charge in [-0.2, -0.15) is 0 Å². The van der Waals surface area contributed by atoms with Gasteiger partial charge in [0.1, 0.15) is 0 Å². The van der Waals surface area contributed by atoms with E-state index in [1.54, 1.807) is 0 Å². The van der Waals surface area contributed by atoms with Crippen LogP contribution in [0, 0.1) is 0 Å². The van der Waals surface area contributed by atoms with E-state index in [1.807, 2.05) is 22.7 Å². The van der Waals surface area contributed by atoms with Gasteiger partial charge in [-0.05, 0) is 193 Å². The summed E-state index contributed by atoms with van der Waals surface area (Å²) in [7, 11) is 0. The molecule has 0 radical (unpaired) electrons. The van der Waals surface area contributed by atoms with Crippen LogP contribution in [-0.2, 0) is 0 Å². The first kappa shape index (κ1) is 71.8. The second kappa shape index (κ2) is 30.5. The number of fused-ring (bicyclic) bond motifs is 14. The summed E-state index contributed by atoms with van der Waals surface area (Å²) in [5.74, 6) is 0. The van der Waals surface area contributed by atoms with Crippen molar-refractivity contribution < 1.29 is 0 Å². The van der Waals surface area contributed by atoms with Crippen molar-refractivity contribution in [3.63, 3.8) is 0 Å². The van der Waals surface area contributed by atoms with Crippen molar-refractivity contribution in [2.45, 2.75) is 0 Å². The zero-order chi connectivity index (χ0) is 80.6. The van der Waals surface area contributed by atoms with E-state index in [9.17, 15) is 0 Å². The molecule has 0 fully saturated rings. The third-order valence-electron chi connectivity index (χ3n) is 24.4. The maximum Gasteiger partial charge on any atom is 0.0562 e. The summed E-state index contributed by atoms with van der Waals surface area (Å²) in [4.78, 5) is 4.93. The second-order valence-corrected chi connectivity index (χ2v) is 33.5. The molecule has 0 spiro atoms. The number of hydrogen-bond acceptors (Lipinski definition) is 4. The summed E-state index contributed by atoms with van der Waals surface area (Å²) in [5, 5.41) is 15.1. The topological polar surface area (TPSA) is 16.3 Å². The molecule has 0 bridgehead atoms. The number of aromatic nitrogens is 2. The average Bonchev–Trinajstić information content (AvgIpc) is 1.53. The van der Waals surface area contributed by atoms with E-state index >= 15 is 0 Å². The number of para-hydroxylation sites is 4. The summed E-state index contributed by atoms with van der Waals surface area (Å²) in [6.07, 6.45) is 0. The molecule has 4 aromatic heterocycles. The minimum Gasteiger partial charge on any atom is -0.310 e. The minimum absolute atomic E-state index is 1.09. The van der Waals surface area contributed by atoms with Crippen molar-refractivity contribution in [3.8, 4) is 78.1 Å². The third kappa shape index (κ3) is 12.7. The molecule has 122 heavy (non-hydrogen) atoms. The number of thiophene rings is 2. The van der Waals surface area contributed by atoms with Crippen LogP contribution in [0.2, 0.25) is 0 Å². The van der Waals surface area contributed by atoms with Crippen LogP contribution in [-0.4, -0.2) is 9.13 Å². The van der Waals surface area contributed by atoms with E-state index < -0.39 is 0 Å². The number of rotatable bonds is 14. The summed E-state index contributed by atoms with van der Waals surface area (Å²) in [6, 6.07) is 169. The first-order chi connectivity index (χ1) is 60.5. The standard InChI is InChI=1S/2C58H38N2S/c1-3-15-39(16-4-1)40-29-33-44(34-30-40)59(45-35-31-42(32-36-45)47-24-13-18-41-17-7-8-21-46(41)47)55-38-56-52(48-22-9-11-27-54(48)60(56)43-19-5-2-6-20-43)37-53(55)51-26-14-25-50-49-23-10-12-28-57(49)61-58(50)51;1-3-14-39(15-4-1)41-28-32-46(33-29-41)59(47-34-30-42(31-35-47)44-27-26-40-16-7-8-17-43(40)36-44)55-38-56-52(48-20-9-11-24-54(48)60(56)45-18-5-2-6-19-45)37-53(55)51-23-13-22-50-49-21-10-12-25-57(49)61-58(50)51/h2*1-38H. The highest BCUT2D eigenvalue weighted by Gasteiger charge is 2.28. The first-order valence-corrected chi connectivity index (χ1v) is 43.3. The Balaban J connectivity index is 0.000000142. The van der Waals surface area contributed by atoms with Crippen molar-refractivity contribution in [3.05, 3.63) is 461 Å². The Morgan fingerprint density at radius 2 is 0.500 bits per heavy atom. The van der Waals surface area contributed by atoms with E-state index in [2.05, 4.69) is 480 Å². The smallest absolute Gasteiger partial charge is 0.0562 e. The molecule has 0 saturated carbocycles. The van der Waals surface area contributed by atoms with E-state index in [-0.39, 0.29) is 0 Å². The highest BCUT2D eigenvalue weighted by atomic mass is 32.1. The molecule has 0 aliphatic heterocycles. The lowest BCUT2D eigenvalue weighted by molar-refractivity contribution is 1.18. The molecule has 20 aromatic carbocycles. The average molecular weight is 1590 g/mol. The highest BCUT2D eigenvalue weighted by Crippen LogP contribution is 2.53. The van der Waals surface area contributed by atoms with Crippen molar-refractivity contribution in [2.24, 2.45) is 0 Å². The van der Waals surface area contributed by atoms with Crippen molar-refractivity contribution in [2.75, 3.05) is 9.80 Å². The first-order valence-electron chi connectivity index (χ1n) is 41.7. The van der Waals surface area contributed by atoms with Gasteiger partial charge in [0.05, 0.1) is 33.4 Å². The number of anilines is 6. The van der Waals surface area contributed by atoms with Crippen LogP contribution in [0.4, 0.5) is 34.1 Å². The molecule has 6 heteroatoms. The van der Waals surface area contributed by atoms with Gasteiger partial charge in [0.25, 0.3) is 0 Å². The zero-order valence-corrected chi connectivity index (χ0v) is 68.1. The van der Waals surface area contributed by atoms with E-state index in [0.717, 1.165) is 56.5 Å². The molecule has 0 amide bonds. The highest BCUT2D eigenvalue weighted by molar-refractivity contribution is 7.26. The van der Waals surface area contributed by atoms with Crippen LogP contribution < -0.4 is 9.80 Å². The van der Waals surface area contributed by atoms with Crippen molar-refractivity contribution in [1.82, 2.24) is 9.13 Å². The fraction of sp³-hybridized carbons (Fsp3) is 0. The van der Waals surface area contributed by atoms with Crippen LogP contribution in [0.1, 0.15) is 0 Å². The van der Waals surface area contributed by atoms with Crippen LogP contribution in [0.25, 0.3) is 184 Å². The fourth-order valence-corrected chi connectivity index (χ4v) is 21.1. The Bertz CT molecular complexity index is 8080. The monoisotopic (exact) mass is 1590 g/mol.